The summed E-state index contributed by atoms with van der Waals surface area (Å²) in [4.78, 5) is 1.88. The van der Waals surface area contributed by atoms with Gasteiger partial charge in [-0.05, 0) is 37.3 Å². The molecular formula is C13H14N2O2S2. The molecule has 0 heterocycles. The third-order valence-corrected chi connectivity index (χ3v) is 4.52. The number of hydrogen-bond acceptors (Lipinski definition) is 4. The fourth-order valence-corrected chi connectivity index (χ4v) is 3.11. The van der Waals surface area contributed by atoms with Gasteiger partial charge in [-0.2, -0.15) is 0 Å². The van der Waals surface area contributed by atoms with E-state index in [9.17, 15) is 8.42 Å². The number of anilines is 1. The van der Waals surface area contributed by atoms with E-state index in [2.05, 4.69) is 0 Å². The fraction of sp³-hybridized carbons (Fsp3) is 0.0769. The zero-order valence-corrected chi connectivity index (χ0v) is 12.0. The highest BCUT2D eigenvalue weighted by Crippen LogP contribution is 2.33. The summed E-state index contributed by atoms with van der Waals surface area (Å²) in [6.45, 7) is 2.01. The van der Waals surface area contributed by atoms with E-state index in [-0.39, 0.29) is 4.90 Å². The van der Waals surface area contributed by atoms with E-state index >= 15 is 0 Å². The minimum Gasteiger partial charge on any atom is -0.398 e. The van der Waals surface area contributed by atoms with Gasteiger partial charge in [-0.15, -0.1) is 0 Å². The number of nitrogens with two attached hydrogens (primary N) is 2. The number of primary sulfonamides is 1. The van der Waals surface area contributed by atoms with Gasteiger partial charge in [0.15, 0.2) is 0 Å². The molecule has 4 N–H and O–H groups in total. The summed E-state index contributed by atoms with van der Waals surface area (Å²) >= 11 is 1.49. The Bertz CT molecular complexity index is 712. The SMILES string of the molecule is Cc1cccc(Sc2ccc(S(N)(=O)=O)cc2N)c1. The molecule has 0 aliphatic rings. The quantitative estimate of drug-likeness (QED) is 0.851. The Balaban J connectivity index is 2.32. The third-order valence-electron chi connectivity index (χ3n) is 2.53. The maximum Gasteiger partial charge on any atom is 0.238 e. The summed E-state index contributed by atoms with van der Waals surface area (Å²) in [5.74, 6) is 0. The van der Waals surface area contributed by atoms with Gasteiger partial charge in [-0.25, -0.2) is 13.6 Å². The van der Waals surface area contributed by atoms with Gasteiger partial charge in [0.2, 0.25) is 10.0 Å². The third kappa shape index (κ3) is 3.50. The standard InChI is InChI=1S/C13H14N2O2S2/c1-9-3-2-4-10(7-9)18-13-6-5-11(8-12(13)14)19(15,16)17/h2-8H,14H2,1H3,(H2,15,16,17). The van der Waals surface area contributed by atoms with Crippen LogP contribution < -0.4 is 10.9 Å². The van der Waals surface area contributed by atoms with Crippen LogP contribution in [0, 0.1) is 6.92 Å². The Morgan fingerprint density at radius 1 is 1.11 bits per heavy atom. The minimum atomic E-state index is -3.71. The van der Waals surface area contributed by atoms with Crippen LogP contribution >= 0.6 is 11.8 Å². The number of sulfonamides is 1. The highest BCUT2D eigenvalue weighted by molar-refractivity contribution is 7.99. The van der Waals surface area contributed by atoms with Gasteiger partial charge < -0.3 is 5.73 Å². The van der Waals surface area contributed by atoms with E-state index in [4.69, 9.17) is 10.9 Å². The van der Waals surface area contributed by atoms with Crippen LogP contribution in [0.1, 0.15) is 5.56 Å². The second-order valence-corrected chi connectivity index (χ2v) is 6.84. The van der Waals surface area contributed by atoms with Gasteiger partial charge in [0.05, 0.1) is 4.90 Å². The second-order valence-electron chi connectivity index (χ2n) is 4.16. The highest BCUT2D eigenvalue weighted by Gasteiger charge is 2.10. The van der Waals surface area contributed by atoms with Crippen LogP contribution in [0.3, 0.4) is 0 Å². The van der Waals surface area contributed by atoms with Crippen molar-refractivity contribution < 1.29 is 8.42 Å². The fourth-order valence-electron chi connectivity index (χ4n) is 1.60. The van der Waals surface area contributed by atoms with Gasteiger partial charge >= 0.3 is 0 Å². The van der Waals surface area contributed by atoms with Crippen molar-refractivity contribution in [1.29, 1.82) is 0 Å². The molecule has 2 rings (SSSR count). The van der Waals surface area contributed by atoms with Crippen LogP contribution in [0.2, 0.25) is 0 Å². The van der Waals surface area contributed by atoms with Crippen molar-refractivity contribution in [3.8, 4) is 0 Å². The number of rotatable bonds is 3. The lowest BCUT2D eigenvalue weighted by Crippen LogP contribution is -2.12. The van der Waals surface area contributed by atoms with Crippen molar-refractivity contribution in [2.75, 3.05) is 5.73 Å². The number of benzene rings is 2. The van der Waals surface area contributed by atoms with Gasteiger partial charge in [-0.1, -0.05) is 29.5 Å². The molecule has 0 saturated heterocycles. The van der Waals surface area contributed by atoms with Gasteiger partial charge in [0.1, 0.15) is 0 Å². The van der Waals surface area contributed by atoms with Crippen LogP contribution in [0.25, 0.3) is 0 Å². The molecule has 6 heteroatoms. The van der Waals surface area contributed by atoms with Crippen LogP contribution in [0.15, 0.2) is 57.2 Å². The zero-order chi connectivity index (χ0) is 14.0. The van der Waals surface area contributed by atoms with Crippen LogP contribution in [0.5, 0.6) is 0 Å². The lowest BCUT2D eigenvalue weighted by atomic mass is 10.2. The Hall–Kier alpha value is -1.50. The smallest absolute Gasteiger partial charge is 0.238 e. The first kappa shape index (κ1) is 13.9. The van der Waals surface area contributed by atoms with E-state index in [0.717, 1.165) is 15.4 Å². The molecule has 0 atom stereocenters. The Kier molecular flexibility index (Phi) is 3.84. The van der Waals surface area contributed by atoms with E-state index in [0.29, 0.717) is 5.69 Å². The number of hydrogen-bond donors (Lipinski definition) is 2. The Morgan fingerprint density at radius 2 is 1.84 bits per heavy atom. The largest absolute Gasteiger partial charge is 0.398 e. The van der Waals surface area contributed by atoms with Crippen LogP contribution in [-0.2, 0) is 10.0 Å². The summed E-state index contributed by atoms with van der Waals surface area (Å²) in [6, 6.07) is 12.5. The minimum absolute atomic E-state index is 0.0265. The lowest BCUT2D eigenvalue weighted by molar-refractivity contribution is 0.598. The monoisotopic (exact) mass is 294 g/mol. The van der Waals surface area contributed by atoms with Crippen LogP contribution in [0.4, 0.5) is 5.69 Å². The average Bonchev–Trinajstić information content (AvgIpc) is 2.30. The molecule has 0 aliphatic carbocycles. The maximum absolute atomic E-state index is 11.2. The summed E-state index contributed by atoms with van der Waals surface area (Å²) < 4.78 is 22.4. The number of nitrogen functional groups attached to an aromatic ring is 1. The second kappa shape index (κ2) is 5.24. The molecule has 0 aromatic heterocycles. The summed E-state index contributed by atoms with van der Waals surface area (Å²) in [6.07, 6.45) is 0. The Morgan fingerprint density at radius 3 is 2.42 bits per heavy atom. The molecule has 4 nitrogen and oxygen atoms in total. The van der Waals surface area contributed by atoms with Gasteiger partial charge in [0.25, 0.3) is 0 Å². The van der Waals surface area contributed by atoms with E-state index in [1.807, 2.05) is 31.2 Å². The van der Waals surface area contributed by atoms with Gasteiger partial charge in [0, 0.05) is 15.5 Å². The molecule has 0 radical (unpaired) electrons. The summed E-state index contributed by atoms with van der Waals surface area (Å²) in [5.41, 5.74) is 7.42. The topological polar surface area (TPSA) is 86.2 Å². The molecular weight excluding hydrogens is 280 g/mol. The van der Waals surface area contributed by atoms with E-state index < -0.39 is 10.0 Å². The molecule has 2 aromatic carbocycles. The summed E-state index contributed by atoms with van der Waals surface area (Å²) in [5, 5.41) is 5.06. The molecule has 0 unspecified atom stereocenters. The van der Waals surface area contributed by atoms with Crippen molar-refractivity contribution in [1.82, 2.24) is 0 Å². The van der Waals surface area contributed by atoms with Gasteiger partial charge in [-0.3, -0.25) is 0 Å². The predicted molar refractivity (Wildman–Crippen MR) is 77.5 cm³/mol. The summed E-state index contributed by atoms with van der Waals surface area (Å²) in [7, 11) is -3.71. The highest BCUT2D eigenvalue weighted by atomic mass is 32.2. The lowest BCUT2D eigenvalue weighted by Gasteiger charge is -2.07. The van der Waals surface area contributed by atoms with E-state index in [1.54, 1.807) is 6.07 Å². The molecule has 0 saturated carbocycles. The molecule has 0 fully saturated rings. The molecule has 0 amide bonds. The van der Waals surface area contributed by atoms with Crippen molar-refractivity contribution in [2.45, 2.75) is 21.6 Å². The van der Waals surface area contributed by atoms with Crippen molar-refractivity contribution in [2.24, 2.45) is 5.14 Å². The zero-order valence-electron chi connectivity index (χ0n) is 10.3. The first-order valence-electron chi connectivity index (χ1n) is 5.53. The maximum atomic E-state index is 11.2. The molecule has 0 aliphatic heterocycles. The molecule has 0 bridgehead atoms. The first-order chi connectivity index (χ1) is 8.86. The van der Waals surface area contributed by atoms with Crippen molar-refractivity contribution in [3.63, 3.8) is 0 Å². The first-order valence-corrected chi connectivity index (χ1v) is 7.89. The van der Waals surface area contributed by atoms with E-state index in [1.165, 1.54) is 23.9 Å². The number of aryl methyl sites for hydroxylation is 1. The Labute approximate surface area is 116 Å². The van der Waals surface area contributed by atoms with Crippen molar-refractivity contribution >= 4 is 27.5 Å². The van der Waals surface area contributed by atoms with Crippen LogP contribution in [-0.4, -0.2) is 8.42 Å². The molecule has 0 spiro atoms. The average molecular weight is 294 g/mol. The predicted octanol–water partition coefficient (Wildman–Crippen LogP) is 2.38. The normalized spacial score (nSPS) is 11.5. The molecule has 2 aromatic rings. The molecule has 19 heavy (non-hydrogen) atoms. The van der Waals surface area contributed by atoms with Crippen molar-refractivity contribution in [3.05, 3.63) is 48.0 Å². The molecule has 100 valence electrons.